The van der Waals surface area contributed by atoms with Gasteiger partial charge in [0.05, 0.1) is 18.4 Å². The summed E-state index contributed by atoms with van der Waals surface area (Å²) >= 11 is 0. The van der Waals surface area contributed by atoms with Gasteiger partial charge in [0.2, 0.25) is 0 Å². The Morgan fingerprint density at radius 3 is 2.52 bits per heavy atom. The van der Waals surface area contributed by atoms with Crippen LogP contribution in [0.4, 0.5) is 13.2 Å². The van der Waals surface area contributed by atoms with Gasteiger partial charge in [-0.3, -0.25) is 9.20 Å². The molecular weight excluding hydrogens is 359 g/mol. The average molecular weight is 377 g/mol. The maximum atomic E-state index is 13.0. The van der Waals surface area contributed by atoms with E-state index in [4.69, 9.17) is 4.74 Å². The normalized spacial score (nSPS) is 11.6. The van der Waals surface area contributed by atoms with Gasteiger partial charge in [0.15, 0.2) is 0 Å². The molecule has 2 heterocycles. The van der Waals surface area contributed by atoms with E-state index in [2.05, 4.69) is 10.3 Å². The van der Waals surface area contributed by atoms with Crippen LogP contribution in [0.5, 0.6) is 5.75 Å². The van der Waals surface area contributed by atoms with Gasteiger partial charge in [0.1, 0.15) is 17.1 Å². The zero-order valence-electron chi connectivity index (χ0n) is 14.8. The first kappa shape index (κ1) is 18.8. The maximum absolute atomic E-state index is 13.0. The zero-order chi connectivity index (χ0) is 19.6. The number of hydrogen-bond acceptors (Lipinski definition) is 3. The molecule has 0 atom stereocenters. The molecule has 0 bridgehead atoms. The number of carbonyl (C=O) groups excluding carboxylic acids is 1. The van der Waals surface area contributed by atoms with E-state index >= 15 is 0 Å². The molecule has 0 unspecified atom stereocenters. The minimum atomic E-state index is -4.49. The Bertz CT molecular complexity index is 963. The van der Waals surface area contributed by atoms with Gasteiger partial charge < -0.3 is 10.1 Å². The van der Waals surface area contributed by atoms with Crippen LogP contribution in [0.2, 0.25) is 0 Å². The van der Waals surface area contributed by atoms with Crippen LogP contribution in [-0.2, 0) is 12.6 Å². The second-order valence-corrected chi connectivity index (χ2v) is 6.04. The Balaban J connectivity index is 1.75. The van der Waals surface area contributed by atoms with E-state index < -0.39 is 17.6 Å². The lowest BCUT2D eigenvalue weighted by Gasteiger charge is -2.09. The van der Waals surface area contributed by atoms with Gasteiger partial charge >= 0.3 is 6.18 Å². The molecule has 1 amide bonds. The number of hydrogen-bond donors (Lipinski definition) is 1. The molecule has 0 aliphatic rings. The predicted molar refractivity (Wildman–Crippen MR) is 94.0 cm³/mol. The van der Waals surface area contributed by atoms with Gasteiger partial charge in [-0.05, 0) is 43.2 Å². The molecule has 1 N–H and O–H groups in total. The highest BCUT2D eigenvalue weighted by Gasteiger charge is 2.31. The van der Waals surface area contributed by atoms with Crippen LogP contribution in [0.1, 0.15) is 27.3 Å². The Kier molecular flexibility index (Phi) is 5.07. The molecule has 0 radical (unpaired) electrons. The lowest BCUT2D eigenvalue weighted by Crippen LogP contribution is -2.27. The summed E-state index contributed by atoms with van der Waals surface area (Å²) in [6, 6.07) is 9.63. The van der Waals surface area contributed by atoms with Crippen molar-refractivity contribution in [2.24, 2.45) is 0 Å². The lowest BCUT2D eigenvalue weighted by atomic mass is 10.1. The van der Waals surface area contributed by atoms with Crippen molar-refractivity contribution in [1.82, 2.24) is 14.7 Å². The molecule has 0 fully saturated rings. The second-order valence-electron chi connectivity index (χ2n) is 6.04. The summed E-state index contributed by atoms with van der Waals surface area (Å²) in [6.07, 6.45) is -3.01. The number of nitrogens with one attached hydrogen (secondary N) is 1. The summed E-state index contributed by atoms with van der Waals surface area (Å²) in [5.41, 5.74) is 0.938. The van der Waals surface area contributed by atoms with Crippen LogP contribution >= 0.6 is 0 Å². The van der Waals surface area contributed by atoms with E-state index in [0.29, 0.717) is 24.3 Å². The number of nitrogens with zero attached hydrogens (tertiary/aromatic N) is 2. The molecule has 0 saturated heterocycles. The zero-order valence-corrected chi connectivity index (χ0v) is 14.8. The standard InChI is InChI=1S/C19H18F3N3O2/c1-12-17(25-11-14(19(20,21)22)5-8-16(25)24-12)18(26)23-10-9-13-3-6-15(27-2)7-4-13/h3-8,11H,9-10H2,1-2H3,(H,23,26). The topological polar surface area (TPSA) is 55.6 Å². The van der Waals surface area contributed by atoms with E-state index in [1.807, 2.05) is 24.3 Å². The number of aromatic nitrogens is 2. The number of imidazole rings is 1. The van der Waals surface area contributed by atoms with Crippen LogP contribution in [0.15, 0.2) is 42.6 Å². The quantitative estimate of drug-likeness (QED) is 0.739. The molecule has 27 heavy (non-hydrogen) atoms. The van der Waals surface area contributed by atoms with E-state index in [9.17, 15) is 18.0 Å². The largest absolute Gasteiger partial charge is 0.497 e. The van der Waals surface area contributed by atoms with E-state index in [1.165, 1.54) is 10.5 Å². The Hall–Kier alpha value is -3.03. The summed E-state index contributed by atoms with van der Waals surface area (Å²) in [7, 11) is 1.58. The number of alkyl halides is 3. The smallest absolute Gasteiger partial charge is 0.417 e. The Morgan fingerprint density at radius 1 is 1.19 bits per heavy atom. The van der Waals surface area contributed by atoms with Crippen LogP contribution in [0.3, 0.4) is 0 Å². The van der Waals surface area contributed by atoms with Gasteiger partial charge in [-0.1, -0.05) is 12.1 Å². The van der Waals surface area contributed by atoms with E-state index in [-0.39, 0.29) is 5.69 Å². The summed E-state index contributed by atoms with van der Waals surface area (Å²) in [5.74, 6) is 0.275. The van der Waals surface area contributed by atoms with Crippen molar-refractivity contribution in [3.05, 3.63) is 65.1 Å². The first-order chi connectivity index (χ1) is 12.8. The SMILES string of the molecule is COc1ccc(CCNC(=O)c2c(C)nc3ccc(C(F)(F)F)cn23)cc1. The van der Waals surface area contributed by atoms with Gasteiger partial charge in [-0.2, -0.15) is 13.2 Å². The molecule has 3 aromatic rings. The molecule has 0 saturated carbocycles. The molecule has 5 nitrogen and oxygen atoms in total. The van der Waals surface area contributed by atoms with Crippen molar-refractivity contribution >= 4 is 11.6 Å². The number of pyridine rings is 1. The Labute approximate surface area is 153 Å². The molecule has 8 heteroatoms. The molecule has 3 rings (SSSR count). The highest BCUT2D eigenvalue weighted by molar-refractivity contribution is 5.94. The number of rotatable bonds is 5. The highest BCUT2D eigenvalue weighted by Crippen LogP contribution is 2.29. The minimum Gasteiger partial charge on any atom is -0.497 e. The predicted octanol–water partition coefficient (Wildman–Crippen LogP) is 3.64. The molecular formula is C19H18F3N3O2. The highest BCUT2D eigenvalue weighted by atomic mass is 19.4. The number of halogens is 3. The molecule has 0 spiro atoms. The lowest BCUT2D eigenvalue weighted by molar-refractivity contribution is -0.137. The van der Waals surface area contributed by atoms with E-state index in [0.717, 1.165) is 23.6 Å². The number of fused-ring (bicyclic) bond motifs is 1. The Morgan fingerprint density at radius 2 is 1.89 bits per heavy atom. The van der Waals surface area contributed by atoms with Crippen molar-refractivity contribution < 1.29 is 22.7 Å². The summed E-state index contributed by atoms with van der Waals surface area (Å²) in [4.78, 5) is 16.7. The van der Waals surface area contributed by atoms with Crippen LogP contribution in [0.25, 0.3) is 5.65 Å². The first-order valence-corrected chi connectivity index (χ1v) is 8.26. The van der Waals surface area contributed by atoms with Gasteiger partial charge in [0.25, 0.3) is 5.91 Å². The fourth-order valence-electron chi connectivity index (χ4n) is 2.80. The third-order valence-corrected chi connectivity index (χ3v) is 4.19. The van der Waals surface area contributed by atoms with Crippen molar-refractivity contribution in [2.75, 3.05) is 13.7 Å². The molecule has 142 valence electrons. The molecule has 1 aromatic carbocycles. The average Bonchev–Trinajstić information content (AvgIpc) is 2.96. The minimum absolute atomic E-state index is 0.103. The van der Waals surface area contributed by atoms with Crippen molar-refractivity contribution in [2.45, 2.75) is 19.5 Å². The van der Waals surface area contributed by atoms with Crippen molar-refractivity contribution in [3.8, 4) is 5.75 Å². The van der Waals surface area contributed by atoms with Crippen molar-refractivity contribution in [1.29, 1.82) is 0 Å². The second kappa shape index (κ2) is 7.30. The number of methoxy groups -OCH3 is 1. The maximum Gasteiger partial charge on any atom is 0.417 e. The molecule has 2 aromatic heterocycles. The van der Waals surface area contributed by atoms with Crippen LogP contribution < -0.4 is 10.1 Å². The summed E-state index contributed by atoms with van der Waals surface area (Å²) in [5, 5.41) is 2.74. The van der Waals surface area contributed by atoms with Gasteiger partial charge in [-0.15, -0.1) is 0 Å². The fourth-order valence-corrected chi connectivity index (χ4v) is 2.80. The fraction of sp³-hybridized carbons (Fsp3) is 0.263. The number of carbonyl (C=O) groups is 1. The number of amides is 1. The summed E-state index contributed by atoms with van der Waals surface area (Å²) in [6.45, 7) is 1.94. The third kappa shape index (κ3) is 4.05. The van der Waals surface area contributed by atoms with Gasteiger partial charge in [-0.25, -0.2) is 4.98 Å². The van der Waals surface area contributed by atoms with Crippen LogP contribution in [-0.4, -0.2) is 28.9 Å². The van der Waals surface area contributed by atoms with Crippen LogP contribution in [0, 0.1) is 6.92 Å². The number of benzene rings is 1. The third-order valence-electron chi connectivity index (χ3n) is 4.19. The number of aryl methyl sites for hydroxylation is 1. The summed E-state index contributed by atoms with van der Waals surface area (Å²) < 4.78 is 45.1. The molecule has 0 aliphatic carbocycles. The molecule has 0 aliphatic heterocycles. The number of ether oxygens (including phenoxy) is 1. The van der Waals surface area contributed by atoms with Gasteiger partial charge in [0, 0.05) is 12.7 Å². The van der Waals surface area contributed by atoms with E-state index in [1.54, 1.807) is 14.0 Å². The van der Waals surface area contributed by atoms with Crippen molar-refractivity contribution in [3.63, 3.8) is 0 Å². The first-order valence-electron chi connectivity index (χ1n) is 8.26. The monoisotopic (exact) mass is 377 g/mol.